The molecule has 28 heteroatoms. The van der Waals surface area contributed by atoms with Crippen LogP contribution in [0, 0.1) is 130 Å². The van der Waals surface area contributed by atoms with E-state index in [4.69, 9.17) is 5.73 Å². The van der Waals surface area contributed by atoms with Crippen LogP contribution in [0.15, 0.2) is 145 Å². The Morgan fingerprint density at radius 2 is 0.625 bits per heavy atom. The van der Waals surface area contributed by atoms with Gasteiger partial charge in [-0.15, -0.1) is 21.9 Å². The Morgan fingerprint density at radius 3 is 0.886 bits per heavy atom. The van der Waals surface area contributed by atoms with E-state index in [-0.39, 0.29) is 24.4 Å². The predicted octanol–water partition coefficient (Wildman–Crippen LogP) is 14.5. The molecule has 1 aromatic heterocycles. The van der Waals surface area contributed by atoms with Crippen molar-refractivity contribution >= 4 is 38.0 Å². The van der Waals surface area contributed by atoms with E-state index in [1.165, 1.54) is 11.1 Å². The number of aromatic nitrogens is 1. The van der Waals surface area contributed by atoms with E-state index >= 15 is 35.1 Å². The predicted molar refractivity (Wildman–Crippen MR) is 283 cm³/mol. The van der Waals surface area contributed by atoms with Gasteiger partial charge in [-0.25, -0.2) is 96.2 Å². The standard InChI is InChI=1S/C24BF20.C21H21N2O2S.C10H14.C5H5N.Ru/c26-5-1(6(27)14(35)21(42)13(5)34)25(2-7(28)15(36)22(43)16(37)8(2)29,3-9(30)17(38)23(44)18(39)10(3)31)4-11(32)19(40)24(45)20(41)12(4)33;1-16-12-14-19(15-13-16)26(24,25)23-21(18-10-6-3-7-11-18)20(22)17-8-4-2-5-9-17;1-8(2)10-6-4-9(3)5-7-10;1-2-4-6-5-3-1;/h;2-15,20-21H,22H2,1H3;4-8H,1-3H3;1-5H;/q2*-1;;;+2/t;20-,21-;;;/m.0.../s1. The van der Waals surface area contributed by atoms with Crippen molar-refractivity contribution < 1.29 is 116 Å². The fourth-order valence-electron chi connectivity index (χ4n) is 8.90. The molecule has 0 fully saturated rings. The summed E-state index contributed by atoms with van der Waals surface area (Å²) in [5.41, 5.74) is -2.56. The quantitative estimate of drug-likeness (QED) is 0.0605. The van der Waals surface area contributed by atoms with E-state index in [9.17, 15) is 61.1 Å². The minimum atomic E-state index is -7.22. The summed E-state index contributed by atoms with van der Waals surface area (Å²) in [4.78, 5) is 3.96. The fraction of sp³-hybridized carbons (Fsp3) is 0.117. The molecule has 9 aromatic rings. The molecule has 88 heavy (non-hydrogen) atoms. The number of hydrogen-bond acceptors (Lipinski definition) is 4. The van der Waals surface area contributed by atoms with E-state index in [1.807, 2.05) is 85.8 Å². The first-order valence-corrected chi connectivity index (χ1v) is 26.4. The van der Waals surface area contributed by atoms with Crippen LogP contribution in [0.1, 0.15) is 59.7 Å². The first-order valence-electron chi connectivity index (χ1n) is 24.9. The van der Waals surface area contributed by atoms with Crippen LogP contribution in [-0.4, -0.2) is 19.5 Å². The second kappa shape index (κ2) is 29.4. The van der Waals surface area contributed by atoms with E-state index < -0.39 is 166 Å². The molecule has 9 rings (SSSR count). The molecule has 0 spiro atoms. The number of sulfonamides is 1. The monoisotopic (exact) mass is 1360 g/mol. The number of hydrogen-bond donors (Lipinski definition) is 1. The largest absolute Gasteiger partial charge is 2.00 e. The summed E-state index contributed by atoms with van der Waals surface area (Å²) < 4.78 is 324. The number of rotatable bonds is 11. The van der Waals surface area contributed by atoms with Gasteiger partial charge in [0.05, 0.1) is 0 Å². The minimum Gasteiger partial charge on any atom is -0.537 e. The van der Waals surface area contributed by atoms with Crippen molar-refractivity contribution in [3.8, 4) is 0 Å². The fourth-order valence-corrected chi connectivity index (χ4v) is 10.1. The number of aryl methyl sites for hydroxylation is 2. The van der Waals surface area contributed by atoms with E-state index in [0.29, 0.717) is 5.92 Å². The third-order valence-electron chi connectivity index (χ3n) is 13.3. The van der Waals surface area contributed by atoms with Crippen molar-refractivity contribution in [3.63, 3.8) is 0 Å². The Bertz CT molecular complexity index is 3640. The molecule has 0 amide bonds. The van der Waals surface area contributed by atoms with Crippen LogP contribution in [0.3, 0.4) is 0 Å². The van der Waals surface area contributed by atoms with Gasteiger partial charge in [0.1, 0.15) is 62.7 Å². The molecule has 5 nitrogen and oxygen atoms in total. The molecule has 0 unspecified atom stereocenters. The average Bonchev–Trinajstić information content (AvgIpc) is 0.717. The van der Waals surface area contributed by atoms with Gasteiger partial charge >= 0.3 is 19.5 Å². The average molecular weight is 1360 g/mol. The molecule has 0 aliphatic carbocycles. The first kappa shape index (κ1) is 70.8. The third kappa shape index (κ3) is 14.1. The molecule has 2 atom stereocenters. The van der Waals surface area contributed by atoms with Crippen LogP contribution in [0.4, 0.5) is 87.8 Å². The van der Waals surface area contributed by atoms with Crippen LogP contribution in [0.5, 0.6) is 0 Å². The summed E-state index contributed by atoms with van der Waals surface area (Å²) >= 11 is 0. The summed E-state index contributed by atoms with van der Waals surface area (Å²) in [6.07, 6.45) is -3.72. The van der Waals surface area contributed by atoms with Crippen LogP contribution in [0.2, 0.25) is 0 Å². The Kier molecular flexibility index (Phi) is 23.6. The van der Waals surface area contributed by atoms with Crippen molar-refractivity contribution in [1.29, 1.82) is 0 Å². The van der Waals surface area contributed by atoms with Crippen LogP contribution < -0.4 is 27.6 Å². The number of nitrogens with zero attached hydrogens (tertiary/aromatic N) is 2. The summed E-state index contributed by atoms with van der Waals surface area (Å²) in [6.45, 7) is 8.45. The third-order valence-corrected chi connectivity index (χ3v) is 14.6. The Balaban J connectivity index is 0.000000271. The topological polar surface area (TPSA) is 87.2 Å². The Labute approximate surface area is 501 Å². The van der Waals surface area contributed by atoms with Gasteiger partial charge in [0, 0.05) is 23.3 Å². The zero-order valence-electron chi connectivity index (χ0n) is 45.2. The molecular weight excluding hydrogens is 1320 g/mol. The van der Waals surface area contributed by atoms with Gasteiger partial charge < -0.3 is 10.5 Å². The van der Waals surface area contributed by atoms with E-state index in [2.05, 4.69) is 54.7 Å². The molecule has 0 aliphatic rings. The molecule has 0 saturated heterocycles. The van der Waals surface area contributed by atoms with Crippen molar-refractivity contribution in [1.82, 2.24) is 4.98 Å². The maximum Gasteiger partial charge on any atom is 2.00 e. The molecular formula is C60H40BF20N3O2RuS. The van der Waals surface area contributed by atoms with Crippen molar-refractivity contribution in [2.45, 2.75) is 50.6 Å². The van der Waals surface area contributed by atoms with Gasteiger partial charge in [0.25, 0.3) is 0 Å². The molecule has 0 saturated carbocycles. The molecule has 8 aromatic carbocycles. The molecule has 1 heterocycles. The van der Waals surface area contributed by atoms with Crippen molar-refractivity contribution in [2.24, 2.45) is 5.73 Å². The number of benzene rings is 8. The minimum absolute atomic E-state index is 0. The van der Waals surface area contributed by atoms with Gasteiger partial charge in [0.2, 0.25) is 0 Å². The smallest absolute Gasteiger partial charge is 0.537 e. The summed E-state index contributed by atoms with van der Waals surface area (Å²) in [5, 5.41) is 0. The summed E-state index contributed by atoms with van der Waals surface area (Å²) in [7, 11) is -3.83. The summed E-state index contributed by atoms with van der Waals surface area (Å²) in [6, 6.07) is 38.5. The van der Waals surface area contributed by atoms with Crippen LogP contribution >= 0.6 is 0 Å². The van der Waals surface area contributed by atoms with Gasteiger partial charge in [-0.1, -0.05) is 140 Å². The van der Waals surface area contributed by atoms with Gasteiger partial charge in [0.15, 0.2) is 69.8 Å². The first-order chi connectivity index (χ1) is 40.9. The van der Waals surface area contributed by atoms with E-state index in [0.717, 1.165) is 16.7 Å². The van der Waals surface area contributed by atoms with Gasteiger partial charge in [-0.2, -0.15) is 0 Å². The Morgan fingerprint density at radius 1 is 0.364 bits per heavy atom. The zero-order valence-corrected chi connectivity index (χ0v) is 47.8. The molecule has 2 N–H and O–H groups in total. The molecule has 0 aliphatic heterocycles. The van der Waals surface area contributed by atoms with Crippen molar-refractivity contribution in [2.75, 3.05) is 0 Å². The zero-order chi connectivity index (χ0) is 64.7. The van der Waals surface area contributed by atoms with Gasteiger partial charge in [-0.3, -0.25) is 4.98 Å². The number of nitrogens with two attached hydrogens (primary N) is 1. The SMILES string of the molecule is Cc1ccc(C(C)C)cc1.Cc1ccc(S(=O)(=O)[N-][C@@H](c2ccccc2)[C@@H](N)c2ccccc2)cc1.Fc1c(F)c(F)c([B-](c2c(F)c(F)c(F)c(F)c2F)(c2c(F)c(F)c(F)c(F)c2F)c2c(F)c(F)c(F)c(F)c2F)c(F)c1F.[Ru+2].c1ccncc1. The molecule has 0 radical (unpaired) electrons. The Hall–Kier alpha value is -7.93. The second-order valence-electron chi connectivity index (χ2n) is 19.1. The van der Waals surface area contributed by atoms with Crippen LogP contribution in [-0.2, 0) is 29.5 Å². The second-order valence-corrected chi connectivity index (χ2v) is 20.7. The molecule has 464 valence electrons. The van der Waals surface area contributed by atoms with Crippen molar-refractivity contribution in [3.05, 3.63) is 289 Å². The van der Waals surface area contributed by atoms with Gasteiger partial charge in [-0.05, 0) is 55.2 Å². The van der Waals surface area contributed by atoms with E-state index in [1.54, 1.807) is 36.7 Å². The normalized spacial score (nSPS) is 12.0. The molecule has 0 bridgehead atoms. The van der Waals surface area contributed by atoms with Crippen LogP contribution in [0.25, 0.3) is 4.72 Å². The number of pyridine rings is 1. The summed E-state index contributed by atoms with van der Waals surface area (Å²) in [5.74, 6) is -70.8. The maximum absolute atomic E-state index is 15.4. The number of halogens is 20. The maximum atomic E-state index is 15.4.